The van der Waals surface area contributed by atoms with Gasteiger partial charge < -0.3 is 10.6 Å². The van der Waals surface area contributed by atoms with Gasteiger partial charge in [0.2, 0.25) is 5.91 Å². The van der Waals surface area contributed by atoms with Gasteiger partial charge in [0.1, 0.15) is 0 Å². The summed E-state index contributed by atoms with van der Waals surface area (Å²) in [5.74, 6) is 0.209. The van der Waals surface area contributed by atoms with Crippen molar-refractivity contribution >= 4 is 5.91 Å². The first-order chi connectivity index (χ1) is 5.36. The first kappa shape index (κ1) is 7.10. The quantitative estimate of drug-likeness (QED) is 0.588. The Morgan fingerprint density at radius 2 is 2.09 bits per heavy atom. The summed E-state index contributed by atoms with van der Waals surface area (Å²) in [6.45, 7) is 1.00. The third-order valence-electron chi connectivity index (χ3n) is 2.59. The van der Waals surface area contributed by atoms with Gasteiger partial charge in [-0.15, -0.1) is 0 Å². The molecule has 11 heavy (non-hydrogen) atoms. The van der Waals surface area contributed by atoms with Crippen molar-refractivity contribution < 1.29 is 4.79 Å². The molecule has 1 aliphatic heterocycles. The minimum atomic E-state index is 0.121. The van der Waals surface area contributed by atoms with Crippen LogP contribution in [0.25, 0.3) is 0 Å². The van der Waals surface area contributed by atoms with Crippen LogP contribution in [-0.2, 0) is 4.79 Å². The summed E-state index contributed by atoms with van der Waals surface area (Å²) in [5.41, 5.74) is 0. The van der Waals surface area contributed by atoms with Crippen molar-refractivity contribution in [1.82, 2.24) is 10.6 Å². The van der Waals surface area contributed by atoms with Crippen LogP contribution >= 0.6 is 0 Å². The van der Waals surface area contributed by atoms with Gasteiger partial charge in [0.25, 0.3) is 0 Å². The van der Waals surface area contributed by atoms with Crippen LogP contribution in [0.4, 0.5) is 0 Å². The van der Waals surface area contributed by atoms with Gasteiger partial charge in [-0.25, -0.2) is 0 Å². The van der Waals surface area contributed by atoms with Crippen LogP contribution < -0.4 is 10.6 Å². The summed E-state index contributed by atoms with van der Waals surface area (Å²) < 4.78 is 0. The molecule has 1 aliphatic carbocycles. The van der Waals surface area contributed by atoms with E-state index in [1.54, 1.807) is 0 Å². The Hall–Kier alpha value is -0.570. The monoisotopic (exact) mass is 154 g/mol. The van der Waals surface area contributed by atoms with Crippen molar-refractivity contribution in [3.63, 3.8) is 0 Å². The largest absolute Gasteiger partial charge is 0.352 e. The predicted molar refractivity (Wildman–Crippen MR) is 42.2 cm³/mol. The maximum absolute atomic E-state index is 11.3. The van der Waals surface area contributed by atoms with E-state index in [9.17, 15) is 4.79 Å². The van der Waals surface area contributed by atoms with Gasteiger partial charge in [-0.3, -0.25) is 4.79 Å². The zero-order valence-electron chi connectivity index (χ0n) is 6.60. The smallest absolute Gasteiger partial charge is 0.237 e. The molecule has 0 bridgehead atoms. The van der Waals surface area contributed by atoms with Crippen LogP contribution in [0.2, 0.25) is 0 Å². The Morgan fingerprint density at radius 3 is 2.45 bits per heavy atom. The van der Waals surface area contributed by atoms with Crippen LogP contribution in [0, 0.1) is 0 Å². The molecule has 1 heterocycles. The topological polar surface area (TPSA) is 41.1 Å². The molecule has 0 aromatic carbocycles. The summed E-state index contributed by atoms with van der Waals surface area (Å²) in [5, 5.41) is 6.10. The van der Waals surface area contributed by atoms with E-state index in [1.807, 2.05) is 0 Å². The molecule has 2 rings (SSSR count). The Morgan fingerprint density at radius 1 is 1.36 bits per heavy atom. The molecule has 1 saturated heterocycles. The summed E-state index contributed by atoms with van der Waals surface area (Å²) in [6.07, 6.45) is 4.65. The lowest BCUT2D eigenvalue weighted by Crippen LogP contribution is -2.56. The van der Waals surface area contributed by atoms with Crippen molar-refractivity contribution in [1.29, 1.82) is 0 Å². The number of rotatable bonds is 2. The van der Waals surface area contributed by atoms with E-state index >= 15 is 0 Å². The molecule has 3 heteroatoms. The minimum Gasteiger partial charge on any atom is -0.352 e. The van der Waals surface area contributed by atoms with E-state index in [0.717, 1.165) is 13.0 Å². The van der Waals surface area contributed by atoms with E-state index in [0.29, 0.717) is 6.04 Å². The second-order valence-electron chi connectivity index (χ2n) is 3.43. The van der Waals surface area contributed by atoms with Gasteiger partial charge in [0, 0.05) is 6.04 Å². The molecule has 0 spiro atoms. The fraction of sp³-hybridized carbons (Fsp3) is 0.875. The molecule has 2 N–H and O–H groups in total. The van der Waals surface area contributed by atoms with Gasteiger partial charge in [0.15, 0.2) is 0 Å². The number of carbonyl (C=O) groups excluding carboxylic acids is 1. The highest BCUT2D eigenvalue weighted by Gasteiger charge is 2.27. The molecular formula is C8H14N2O. The number of hydrogen-bond acceptors (Lipinski definition) is 2. The first-order valence-corrected chi connectivity index (χ1v) is 4.40. The van der Waals surface area contributed by atoms with Crippen molar-refractivity contribution in [2.45, 2.75) is 37.8 Å². The Kier molecular flexibility index (Phi) is 1.82. The highest BCUT2D eigenvalue weighted by Crippen LogP contribution is 2.18. The molecule has 2 aliphatic rings. The van der Waals surface area contributed by atoms with E-state index in [-0.39, 0.29) is 11.9 Å². The number of carbonyl (C=O) groups is 1. The number of hydrogen-bond donors (Lipinski definition) is 2. The first-order valence-electron chi connectivity index (χ1n) is 4.40. The van der Waals surface area contributed by atoms with E-state index in [1.165, 1.54) is 19.3 Å². The molecule has 3 nitrogen and oxygen atoms in total. The molecule has 1 atom stereocenters. The van der Waals surface area contributed by atoms with Crippen LogP contribution in [0.3, 0.4) is 0 Å². The molecule has 2 fully saturated rings. The highest BCUT2D eigenvalue weighted by atomic mass is 16.2. The van der Waals surface area contributed by atoms with Gasteiger partial charge >= 0.3 is 0 Å². The zero-order valence-corrected chi connectivity index (χ0v) is 6.60. The summed E-state index contributed by atoms with van der Waals surface area (Å²) in [7, 11) is 0. The van der Waals surface area contributed by atoms with Gasteiger partial charge in [-0.05, 0) is 32.2 Å². The van der Waals surface area contributed by atoms with Crippen molar-refractivity contribution in [2.24, 2.45) is 0 Å². The Bertz CT molecular complexity index is 161. The molecule has 62 valence electrons. The second-order valence-corrected chi connectivity index (χ2v) is 3.43. The minimum absolute atomic E-state index is 0.121. The second kappa shape index (κ2) is 2.81. The molecule has 0 aromatic rings. The van der Waals surface area contributed by atoms with Crippen LogP contribution in [0.1, 0.15) is 25.7 Å². The molecule has 0 aromatic heterocycles. The molecular weight excluding hydrogens is 140 g/mol. The fourth-order valence-electron chi connectivity index (χ4n) is 1.37. The van der Waals surface area contributed by atoms with Crippen LogP contribution in [0.5, 0.6) is 0 Å². The average Bonchev–Trinajstić information content (AvgIpc) is 1.74. The zero-order chi connectivity index (χ0) is 7.68. The SMILES string of the molecule is O=C(NC1CCC1)[C@H]1CCN1. The van der Waals surface area contributed by atoms with Gasteiger partial charge in [-0.2, -0.15) is 0 Å². The van der Waals surface area contributed by atoms with Gasteiger partial charge in [-0.1, -0.05) is 0 Å². The maximum Gasteiger partial charge on any atom is 0.237 e. The Balaban J connectivity index is 1.71. The lowest BCUT2D eigenvalue weighted by Gasteiger charge is -2.32. The number of nitrogens with one attached hydrogen (secondary N) is 2. The normalized spacial score (nSPS) is 30.4. The van der Waals surface area contributed by atoms with Crippen LogP contribution in [0.15, 0.2) is 0 Å². The third kappa shape index (κ3) is 1.38. The van der Waals surface area contributed by atoms with Crippen molar-refractivity contribution in [3.05, 3.63) is 0 Å². The molecule has 1 saturated carbocycles. The third-order valence-corrected chi connectivity index (χ3v) is 2.59. The summed E-state index contributed by atoms with van der Waals surface area (Å²) in [6, 6.07) is 0.612. The molecule has 0 radical (unpaired) electrons. The summed E-state index contributed by atoms with van der Waals surface area (Å²) in [4.78, 5) is 11.3. The number of amides is 1. The molecule has 1 amide bonds. The predicted octanol–water partition coefficient (Wildman–Crippen LogP) is 0.0170. The fourth-order valence-corrected chi connectivity index (χ4v) is 1.37. The maximum atomic E-state index is 11.3. The summed E-state index contributed by atoms with van der Waals surface area (Å²) >= 11 is 0. The van der Waals surface area contributed by atoms with Crippen molar-refractivity contribution in [3.8, 4) is 0 Å². The average molecular weight is 154 g/mol. The standard InChI is InChI=1S/C8H14N2O/c11-8(7-4-5-9-7)10-6-2-1-3-6/h6-7,9H,1-5H2,(H,10,11)/t7-/m1/s1. The highest BCUT2D eigenvalue weighted by molar-refractivity contribution is 5.82. The van der Waals surface area contributed by atoms with E-state index < -0.39 is 0 Å². The Labute approximate surface area is 66.5 Å². The van der Waals surface area contributed by atoms with Gasteiger partial charge in [0.05, 0.1) is 6.04 Å². The molecule has 0 unspecified atom stereocenters. The van der Waals surface area contributed by atoms with E-state index in [4.69, 9.17) is 0 Å². The van der Waals surface area contributed by atoms with E-state index in [2.05, 4.69) is 10.6 Å². The van der Waals surface area contributed by atoms with Crippen LogP contribution in [-0.4, -0.2) is 24.5 Å². The van der Waals surface area contributed by atoms with Crippen molar-refractivity contribution in [2.75, 3.05) is 6.54 Å². The lowest BCUT2D eigenvalue weighted by molar-refractivity contribution is -0.125. The lowest BCUT2D eigenvalue weighted by atomic mass is 9.92.